The number of amides is 4. The maximum absolute atomic E-state index is 12.2. The molecule has 0 radical (unpaired) electrons. The first-order chi connectivity index (χ1) is 11.1. The molecular formula is C14H14N4O4S. The fourth-order valence-corrected chi connectivity index (χ4v) is 2.77. The third kappa shape index (κ3) is 3.57. The molecule has 0 aliphatic carbocycles. The molecule has 4 amide bonds. The van der Waals surface area contributed by atoms with Gasteiger partial charge in [0.25, 0.3) is 5.91 Å². The lowest BCUT2D eigenvalue weighted by atomic mass is 10.1. The number of anilines is 1. The average molecular weight is 334 g/mol. The van der Waals surface area contributed by atoms with Gasteiger partial charge >= 0.3 is 6.03 Å². The zero-order valence-electron chi connectivity index (χ0n) is 12.0. The van der Waals surface area contributed by atoms with Crippen LogP contribution in [0.5, 0.6) is 0 Å². The van der Waals surface area contributed by atoms with E-state index in [1.807, 2.05) is 0 Å². The maximum atomic E-state index is 12.2. The van der Waals surface area contributed by atoms with E-state index in [0.717, 1.165) is 4.90 Å². The molecule has 23 heavy (non-hydrogen) atoms. The van der Waals surface area contributed by atoms with Crippen LogP contribution in [0.25, 0.3) is 0 Å². The summed E-state index contributed by atoms with van der Waals surface area (Å²) in [5.41, 5.74) is 0. The third-order valence-corrected chi connectivity index (χ3v) is 4.03. The zero-order valence-corrected chi connectivity index (χ0v) is 12.8. The average Bonchev–Trinajstić information content (AvgIpc) is 3.25. The van der Waals surface area contributed by atoms with Crippen LogP contribution in [0.15, 0.2) is 34.4 Å². The first kappa shape index (κ1) is 15.2. The minimum atomic E-state index is -0.695. The van der Waals surface area contributed by atoms with Crippen LogP contribution in [-0.2, 0) is 16.1 Å². The van der Waals surface area contributed by atoms with Crippen LogP contribution in [0.1, 0.15) is 18.6 Å². The van der Waals surface area contributed by atoms with Gasteiger partial charge in [0.1, 0.15) is 11.8 Å². The highest BCUT2D eigenvalue weighted by Gasteiger charge is 2.38. The molecule has 1 aliphatic heterocycles. The van der Waals surface area contributed by atoms with Gasteiger partial charge in [-0.2, -0.15) is 0 Å². The maximum Gasteiger partial charge on any atom is 0.325 e. The first-order valence-corrected chi connectivity index (χ1v) is 7.85. The van der Waals surface area contributed by atoms with Crippen LogP contribution in [0, 0.1) is 0 Å². The van der Waals surface area contributed by atoms with E-state index >= 15 is 0 Å². The quantitative estimate of drug-likeness (QED) is 0.780. The molecule has 0 saturated carbocycles. The Morgan fingerprint density at radius 1 is 1.48 bits per heavy atom. The number of nitrogens with zero attached hydrogens (tertiary/aromatic N) is 2. The van der Waals surface area contributed by atoms with Crippen molar-refractivity contribution in [2.75, 3.05) is 5.32 Å². The standard InChI is InChI=1S/C14H14N4O4S/c19-11(17-13-15-5-7-23-13)4-3-10-12(20)18(14(21)16-10)8-9-2-1-6-22-9/h1-2,5-7,10H,3-4,8H2,(H,16,21)(H,15,17,19)/t10-/m1/s1. The van der Waals surface area contributed by atoms with Crippen molar-refractivity contribution in [2.24, 2.45) is 0 Å². The van der Waals surface area contributed by atoms with E-state index in [-0.39, 0.29) is 31.2 Å². The number of furan rings is 1. The number of imide groups is 1. The first-order valence-electron chi connectivity index (χ1n) is 6.97. The van der Waals surface area contributed by atoms with Crippen LogP contribution in [-0.4, -0.2) is 33.8 Å². The van der Waals surface area contributed by atoms with Gasteiger partial charge in [0.15, 0.2) is 5.13 Å². The lowest BCUT2D eigenvalue weighted by Crippen LogP contribution is -2.31. The molecule has 2 N–H and O–H groups in total. The van der Waals surface area contributed by atoms with Crippen molar-refractivity contribution in [3.05, 3.63) is 35.7 Å². The Labute approximate surface area is 135 Å². The molecule has 3 rings (SSSR count). The second-order valence-corrected chi connectivity index (χ2v) is 5.82. The number of carbonyl (C=O) groups is 3. The number of urea groups is 1. The van der Waals surface area contributed by atoms with Gasteiger partial charge in [-0.15, -0.1) is 11.3 Å². The Morgan fingerprint density at radius 2 is 2.35 bits per heavy atom. The molecule has 1 atom stereocenters. The Hall–Kier alpha value is -2.68. The minimum Gasteiger partial charge on any atom is -0.467 e. The molecule has 1 fully saturated rings. The Bertz CT molecular complexity index is 698. The van der Waals surface area contributed by atoms with E-state index in [1.165, 1.54) is 17.6 Å². The summed E-state index contributed by atoms with van der Waals surface area (Å²) in [5.74, 6) is -0.0735. The molecule has 0 unspecified atom stereocenters. The number of nitrogens with one attached hydrogen (secondary N) is 2. The van der Waals surface area contributed by atoms with Gasteiger partial charge in [0.2, 0.25) is 5.91 Å². The summed E-state index contributed by atoms with van der Waals surface area (Å²) in [6.45, 7) is 0.0828. The number of rotatable bonds is 6. The lowest BCUT2D eigenvalue weighted by molar-refractivity contribution is -0.128. The van der Waals surface area contributed by atoms with Crippen LogP contribution < -0.4 is 10.6 Å². The Balaban J connectivity index is 1.52. The van der Waals surface area contributed by atoms with Gasteiger partial charge in [-0.05, 0) is 18.6 Å². The molecule has 3 heterocycles. The van der Waals surface area contributed by atoms with Gasteiger partial charge in [-0.3, -0.25) is 14.5 Å². The van der Waals surface area contributed by atoms with Gasteiger partial charge in [-0.1, -0.05) is 0 Å². The third-order valence-electron chi connectivity index (χ3n) is 3.34. The summed E-state index contributed by atoms with van der Waals surface area (Å²) >= 11 is 1.31. The Kier molecular flexibility index (Phi) is 4.38. The molecule has 9 heteroatoms. The van der Waals surface area contributed by atoms with Gasteiger partial charge in [0, 0.05) is 18.0 Å². The number of carbonyl (C=O) groups excluding carboxylic acids is 3. The van der Waals surface area contributed by atoms with Crippen LogP contribution in [0.2, 0.25) is 0 Å². The van der Waals surface area contributed by atoms with Crippen molar-refractivity contribution < 1.29 is 18.8 Å². The number of aromatic nitrogens is 1. The SMILES string of the molecule is O=C(CC[C@H]1NC(=O)N(Cc2ccco2)C1=O)Nc1nccs1. The molecule has 0 bridgehead atoms. The summed E-state index contributed by atoms with van der Waals surface area (Å²) < 4.78 is 5.14. The monoisotopic (exact) mass is 334 g/mol. The highest BCUT2D eigenvalue weighted by molar-refractivity contribution is 7.13. The fourth-order valence-electron chi connectivity index (χ4n) is 2.22. The van der Waals surface area contributed by atoms with Crippen molar-refractivity contribution in [2.45, 2.75) is 25.4 Å². The molecule has 2 aromatic heterocycles. The summed E-state index contributed by atoms with van der Waals surface area (Å²) in [6, 6.07) is 2.21. The molecule has 120 valence electrons. The van der Waals surface area contributed by atoms with Crippen molar-refractivity contribution in [3.8, 4) is 0 Å². The topological polar surface area (TPSA) is 105 Å². The largest absolute Gasteiger partial charge is 0.467 e. The predicted molar refractivity (Wildman–Crippen MR) is 81.6 cm³/mol. The second-order valence-electron chi connectivity index (χ2n) is 4.93. The molecule has 1 aliphatic rings. The van der Waals surface area contributed by atoms with Gasteiger partial charge < -0.3 is 15.1 Å². The van der Waals surface area contributed by atoms with Crippen molar-refractivity contribution >= 4 is 34.3 Å². The zero-order chi connectivity index (χ0) is 16.2. The van der Waals surface area contributed by atoms with E-state index in [4.69, 9.17) is 4.42 Å². The summed E-state index contributed by atoms with van der Waals surface area (Å²) in [6.07, 6.45) is 3.42. The summed E-state index contributed by atoms with van der Waals surface area (Å²) in [5, 5.41) is 7.48. The summed E-state index contributed by atoms with van der Waals surface area (Å²) in [7, 11) is 0. The molecule has 2 aromatic rings. The highest BCUT2D eigenvalue weighted by atomic mass is 32.1. The number of hydrogen-bond acceptors (Lipinski definition) is 6. The molecule has 0 aromatic carbocycles. The minimum absolute atomic E-state index is 0.0828. The van der Waals surface area contributed by atoms with E-state index in [0.29, 0.717) is 10.9 Å². The lowest BCUT2D eigenvalue weighted by Gasteiger charge is -2.11. The smallest absolute Gasteiger partial charge is 0.325 e. The van der Waals surface area contributed by atoms with E-state index in [1.54, 1.807) is 23.7 Å². The number of hydrogen-bond donors (Lipinski definition) is 2. The fraction of sp³-hybridized carbons (Fsp3) is 0.286. The normalized spacial score (nSPS) is 17.4. The van der Waals surface area contributed by atoms with Crippen LogP contribution >= 0.6 is 11.3 Å². The molecule has 1 saturated heterocycles. The Morgan fingerprint density at radius 3 is 3.04 bits per heavy atom. The van der Waals surface area contributed by atoms with Gasteiger partial charge in [0.05, 0.1) is 12.8 Å². The second kappa shape index (κ2) is 6.61. The van der Waals surface area contributed by atoms with Crippen molar-refractivity contribution in [3.63, 3.8) is 0 Å². The number of thiazole rings is 1. The van der Waals surface area contributed by atoms with E-state index < -0.39 is 12.1 Å². The summed E-state index contributed by atoms with van der Waals surface area (Å²) in [4.78, 5) is 40.9. The molecule has 0 spiro atoms. The van der Waals surface area contributed by atoms with E-state index in [2.05, 4.69) is 15.6 Å². The van der Waals surface area contributed by atoms with Gasteiger partial charge in [-0.25, -0.2) is 9.78 Å². The van der Waals surface area contributed by atoms with Crippen LogP contribution in [0.4, 0.5) is 9.93 Å². The van der Waals surface area contributed by atoms with Crippen LogP contribution in [0.3, 0.4) is 0 Å². The van der Waals surface area contributed by atoms with E-state index in [9.17, 15) is 14.4 Å². The van der Waals surface area contributed by atoms with Crippen molar-refractivity contribution in [1.82, 2.24) is 15.2 Å². The predicted octanol–water partition coefficient (Wildman–Crippen LogP) is 1.58. The molecular weight excluding hydrogens is 320 g/mol. The molecule has 8 nitrogen and oxygen atoms in total. The van der Waals surface area contributed by atoms with Crippen molar-refractivity contribution in [1.29, 1.82) is 0 Å². The highest BCUT2D eigenvalue weighted by Crippen LogP contribution is 2.16.